The number of esters is 1. The van der Waals surface area contributed by atoms with E-state index in [0.717, 1.165) is 27.8 Å². The lowest BCUT2D eigenvalue weighted by Crippen LogP contribution is -2.55. The average molecular weight is 658 g/mol. The number of hydrogen-bond acceptors (Lipinski definition) is 8. The summed E-state index contributed by atoms with van der Waals surface area (Å²) in [5.41, 5.74) is 3.68. The molecule has 2 bridgehead atoms. The molecule has 2 aliphatic heterocycles. The van der Waals surface area contributed by atoms with E-state index in [1.54, 1.807) is 25.3 Å². The van der Waals surface area contributed by atoms with E-state index >= 15 is 0 Å². The van der Waals surface area contributed by atoms with Gasteiger partial charge in [-0.05, 0) is 41.8 Å². The van der Waals surface area contributed by atoms with E-state index in [-0.39, 0.29) is 38.9 Å². The van der Waals surface area contributed by atoms with E-state index in [9.17, 15) is 14.4 Å². The largest absolute Gasteiger partial charge is 0.462 e. The Morgan fingerprint density at radius 3 is 2.16 bits per heavy atom. The zero-order valence-electron chi connectivity index (χ0n) is 26.9. The van der Waals surface area contributed by atoms with Crippen LogP contribution in [0.4, 0.5) is 4.79 Å². The molecule has 49 heavy (non-hydrogen) atoms. The van der Waals surface area contributed by atoms with E-state index in [2.05, 4.69) is 15.6 Å². The van der Waals surface area contributed by atoms with Gasteiger partial charge in [-0.25, -0.2) is 9.59 Å². The van der Waals surface area contributed by atoms with Gasteiger partial charge in [-0.1, -0.05) is 91.0 Å². The highest BCUT2D eigenvalue weighted by molar-refractivity contribution is 5.94. The third-order valence-electron chi connectivity index (χ3n) is 7.99. The smallest absolute Gasteiger partial charge is 0.408 e. The lowest BCUT2D eigenvalue weighted by atomic mass is 9.86. The molecule has 3 heterocycles. The van der Waals surface area contributed by atoms with Crippen molar-refractivity contribution in [2.24, 2.45) is 0 Å². The van der Waals surface area contributed by atoms with Crippen LogP contribution in [0.5, 0.6) is 11.5 Å². The topological polar surface area (TPSA) is 125 Å². The van der Waals surface area contributed by atoms with Crippen molar-refractivity contribution in [1.82, 2.24) is 15.6 Å². The second kappa shape index (κ2) is 15.2. The molecule has 0 aliphatic carbocycles. The highest BCUT2D eigenvalue weighted by Crippen LogP contribution is 2.49. The minimum Gasteiger partial charge on any atom is -0.462 e. The standard InChI is InChI=1S/C39H35N3O7/c1-39(42-38(45)47-25-27-12-5-2-6-13-27,37(44)46-21-20-41-36(43)30-18-11-19-40-24-30)23-31-22-32-33(28-14-7-3-8-15-28)34(35(31)49-26-48-32)29-16-9-4-10-17-29/h2-19,22,24H,20-21,23,25-26H2,1H3,(H,41,43)(H,42,45)/t39-/m0/s1. The van der Waals surface area contributed by atoms with Crippen LogP contribution in [0.1, 0.15) is 28.4 Å². The lowest BCUT2D eigenvalue weighted by molar-refractivity contribution is -0.150. The van der Waals surface area contributed by atoms with Gasteiger partial charge in [0.2, 0.25) is 6.79 Å². The summed E-state index contributed by atoms with van der Waals surface area (Å²) in [6, 6.07) is 34.0. The first kappa shape index (κ1) is 32.8. The summed E-state index contributed by atoms with van der Waals surface area (Å²) in [6.07, 6.45) is 2.20. The van der Waals surface area contributed by atoms with Crippen molar-refractivity contribution >= 4 is 18.0 Å². The molecular formula is C39H35N3O7. The van der Waals surface area contributed by atoms with Crippen molar-refractivity contribution in [3.63, 3.8) is 0 Å². The molecule has 7 rings (SSSR count). The second-order valence-corrected chi connectivity index (χ2v) is 11.6. The average Bonchev–Trinajstić information content (AvgIpc) is 3.46. The number of amides is 2. The molecule has 2 aliphatic rings. The third kappa shape index (κ3) is 7.87. The van der Waals surface area contributed by atoms with Gasteiger partial charge in [0.1, 0.15) is 30.3 Å². The predicted molar refractivity (Wildman–Crippen MR) is 183 cm³/mol. The normalized spacial score (nSPS) is 12.8. The molecule has 0 radical (unpaired) electrons. The van der Waals surface area contributed by atoms with Crippen molar-refractivity contribution in [2.75, 3.05) is 19.9 Å². The fraction of sp³-hybridized carbons (Fsp3) is 0.179. The second-order valence-electron chi connectivity index (χ2n) is 11.6. The zero-order chi connectivity index (χ0) is 34.1. The van der Waals surface area contributed by atoms with Gasteiger partial charge in [0.05, 0.1) is 12.1 Å². The number of nitrogens with one attached hydrogen (secondary N) is 2. The number of ether oxygens (including phenoxy) is 4. The fourth-order valence-corrected chi connectivity index (χ4v) is 5.63. The number of aromatic nitrogens is 1. The van der Waals surface area contributed by atoms with Gasteiger partial charge in [0, 0.05) is 35.5 Å². The number of alkyl carbamates (subject to hydrolysis) is 1. The molecule has 4 aromatic carbocycles. The van der Waals surface area contributed by atoms with E-state index in [1.165, 1.54) is 6.20 Å². The van der Waals surface area contributed by atoms with Gasteiger partial charge >= 0.3 is 12.1 Å². The Bertz CT molecular complexity index is 1910. The van der Waals surface area contributed by atoms with Crippen LogP contribution in [0.15, 0.2) is 122 Å². The molecular weight excluding hydrogens is 622 g/mol. The predicted octanol–water partition coefficient (Wildman–Crippen LogP) is 6.35. The highest BCUT2D eigenvalue weighted by atomic mass is 16.7. The highest BCUT2D eigenvalue weighted by Gasteiger charge is 2.40. The van der Waals surface area contributed by atoms with E-state index < -0.39 is 17.6 Å². The van der Waals surface area contributed by atoms with Crippen LogP contribution >= 0.6 is 0 Å². The van der Waals surface area contributed by atoms with Crippen LogP contribution in [0.25, 0.3) is 22.3 Å². The lowest BCUT2D eigenvalue weighted by Gasteiger charge is -2.29. The van der Waals surface area contributed by atoms with Crippen molar-refractivity contribution in [3.8, 4) is 33.8 Å². The number of nitrogens with zero attached hydrogens (tertiary/aromatic N) is 1. The van der Waals surface area contributed by atoms with Crippen LogP contribution in [0.2, 0.25) is 0 Å². The van der Waals surface area contributed by atoms with Crippen molar-refractivity contribution in [2.45, 2.75) is 25.5 Å². The van der Waals surface area contributed by atoms with E-state index in [1.807, 2.05) is 97.1 Å². The molecule has 0 saturated heterocycles. The number of fused-ring (bicyclic) bond motifs is 4. The molecule has 248 valence electrons. The minimum atomic E-state index is -1.61. The monoisotopic (exact) mass is 657 g/mol. The molecule has 0 saturated carbocycles. The summed E-state index contributed by atoms with van der Waals surface area (Å²) in [7, 11) is 0. The third-order valence-corrected chi connectivity index (χ3v) is 7.99. The van der Waals surface area contributed by atoms with E-state index in [4.69, 9.17) is 18.9 Å². The Morgan fingerprint density at radius 2 is 1.49 bits per heavy atom. The Kier molecular flexibility index (Phi) is 10.1. The zero-order valence-corrected chi connectivity index (χ0v) is 26.9. The maximum absolute atomic E-state index is 13.8. The van der Waals surface area contributed by atoms with Gasteiger partial charge < -0.3 is 29.6 Å². The first-order chi connectivity index (χ1) is 23.9. The van der Waals surface area contributed by atoms with Gasteiger partial charge in [0.15, 0.2) is 0 Å². The van der Waals surface area contributed by atoms with Gasteiger partial charge in [-0.2, -0.15) is 0 Å². The maximum atomic E-state index is 13.8. The summed E-state index contributed by atoms with van der Waals surface area (Å²) in [4.78, 5) is 43.5. The number of pyridine rings is 1. The van der Waals surface area contributed by atoms with Gasteiger partial charge in [-0.3, -0.25) is 9.78 Å². The SMILES string of the molecule is C[C@@](Cc1cc2c(-c3ccccc3)c(-c3ccccc3)c1OCO2)(NC(=O)OCc1ccccc1)C(=O)OCCNC(=O)c1cccnc1. The number of carbonyl (C=O) groups excluding carboxylic acids is 3. The molecule has 0 fully saturated rings. The van der Waals surface area contributed by atoms with Crippen molar-refractivity contribution in [3.05, 3.63) is 138 Å². The Labute approximate surface area is 284 Å². The maximum Gasteiger partial charge on any atom is 0.408 e. The van der Waals surface area contributed by atoms with E-state index in [0.29, 0.717) is 22.6 Å². The molecule has 2 N–H and O–H groups in total. The molecule has 10 heteroatoms. The fourth-order valence-electron chi connectivity index (χ4n) is 5.63. The quantitative estimate of drug-likeness (QED) is 0.118. The summed E-state index contributed by atoms with van der Waals surface area (Å²) in [5.74, 6) is 0.0188. The van der Waals surface area contributed by atoms with Crippen LogP contribution in [-0.2, 0) is 27.3 Å². The number of rotatable bonds is 12. The number of benzene rings is 4. The molecule has 0 unspecified atom stereocenters. The summed E-state index contributed by atoms with van der Waals surface area (Å²) in [5, 5.41) is 5.47. The van der Waals surface area contributed by atoms with Gasteiger partial charge in [0.25, 0.3) is 5.91 Å². The molecule has 2 amide bonds. The summed E-state index contributed by atoms with van der Waals surface area (Å²) < 4.78 is 23.5. The van der Waals surface area contributed by atoms with Crippen LogP contribution < -0.4 is 20.1 Å². The molecule has 1 atom stereocenters. The Balaban J connectivity index is 1.29. The Morgan fingerprint density at radius 1 is 0.816 bits per heavy atom. The molecule has 10 nitrogen and oxygen atoms in total. The summed E-state index contributed by atoms with van der Waals surface area (Å²) >= 11 is 0. The van der Waals surface area contributed by atoms with Gasteiger partial charge in [-0.15, -0.1) is 0 Å². The Hall–Kier alpha value is -6.16. The number of hydrogen-bond donors (Lipinski definition) is 2. The molecule has 0 spiro atoms. The van der Waals surface area contributed by atoms with Crippen molar-refractivity contribution < 1.29 is 33.3 Å². The van der Waals surface area contributed by atoms with Crippen LogP contribution in [0.3, 0.4) is 0 Å². The van der Waals surface area contributed by atoms with Crippen LogP contribution in [0, 0.1) is 0 Å². The number of carbonyl (C=O) groups is 3. The first-order valence-corrected chi connectivity index (χ1v) is 15.8. The first-order valence-electron chi connectivity index (χ1n) is 15.8. The molecule has 5 aromatic rings. The van der Waals surface area contributed by atoms with Crippen LogP contribution in [-0.4, -0.2) is 48.4 Å². The minimum absolute atomic E-state index is 0.00839. The van der Waals surface area contributed by atoms with Crippen molar-refractivity contribution in [1.29, 1.82) is 0 Å². The molecule has 1 aromatic heterocycles. The summed E-state index contributed by atoms with van der Waals surface area (Å²) in [6.45, 7) is 1.45.